The smallest absolute Gasteiger partial charge is 0.153 e. The van der Waals surface area contributed by atoms with Crippen molar-refractivity contribution in [1.82, 2.24) is 20.1 Å². The van der Waals surface area contributed by atoms with E-state index in [2.05, 4.69) is 15.4 Å². The first-order valence-corrected chi connectivity index (χ1v) is 7.66. The molecule has 1 N–H and O–H groups in total. The van der Waals surface area contributed by atoms with Crippen molar-refractivity contribution in [2.75, 3.05) is 14.2 Å². The summed E-state index contributed by atoms with van der Waals surface area (Å²) in [6.07, 6.45) is 5.41. The van der Waals surface area contributed by atoms with E-state index >= 15 is 0 Å². The van der Waals surface area contributed by atoms with Gasteiger partial charge in [-0.05, 0) is 29.8 Å². The summed E-state index contributed by atoms with van der Waals surface area (Å²) in [6.45, 7) is 1.43. The average molecular weight is 361 g/mol. The minimum Gasteiger partial charge on any atom is -0.497 e. The van der Waals surface area contributed by atoms with Crippen LogP contribution in [0.25, 0.3) is 5.82 Å². The van der Waals surface area contributed by atoms with Gasteiger partial charge in [-0.2, -0.15) is 5.10 Å². The van der Waals surface area contributed by atoms with Gasteiger partial charge in [-0.15, -0.1) is 12.4 Å². The Bertz CT molecular complexity index is 794. The average Bonchev–Trinajstić information content (AvgIpc) is 3.17. The monoisotopic (exact) mass is 360 g/mol. The van der Waals surface area contributed by atoms with Crippen molar-refractivity contribution in [3.05, 3.63) is 66.1 Å². The van der Waals surface area contributed by atoms with Gasteiger partial charge in [-0.25, -0.2) is 9.67 Å². The number of halogens is 1. The maximum Gasteiger partial charge on any atom is 0.153 e. The van der Waals surface area contributed by atoms with Gasteiger partial charge in [0, 0.05) is 43.3 Å². The molecular formula is C18H21ClN4O2. The zero-order valence-electron chi connectivity index (χ0n) is 14.2. The zero-order chi connectivity index (χ0) is 16.8. The molecule has 0 aliphatic carbocycles. The third kappa shape index (κ3) is 4.71. The van der Waals surface area contributed by atoms with Gasteiger partial charge in [0.15, 0.2) is 5.82 Å². The van der Waals surface area contributed by atoms with Crippen LogP contribution >= 0.6 is 12.4 Å². The summed E-state index contributed by atoms with van der Waals surface area (Å²) in [5, 5.41) is 7.62. The van der Waals surface area contributed by atoms with Crippen molar-refractivity contribution in [2.45, 2.75) is 13.1 Å². The van der Waals surface area contributed by atoms with Crippen LogP contribution in [0.2, 0.25) is 0 Å². The van der Waals surface area contributed by atoms with E-state index in [1.807, 2.05) is 42.6 Å². The fourth-order valence-corrected chi connectivity index (χ4v) is 2.44. The Morgan fingerprint density at radius 2 is 1.92 bits per heavy atom. The Morgan fingerprint density at radius 1 is 1.04 bits per heavy atom. The second kappa shape index (κ2) is 9.05. The van der Waals surface area contributed by atoms with Crippen LogP contribution in [0.4, 0.5) is 0 Å². The van der Waals surface area contributed by atoms with E-state index in [1.165, 1.54) is 0 Å². The Labute approximate surface area is 153 Å². The molecule has 0 saturated heterocycles. The molecule has 3 aromatic rings. The van der Waals surface area contributed by atoms with Gasteiger partial charge in [0.25, 0.3) is 0 Å². The SMILES string of the molecule is COc1ccc(CNCc2ccnc(-n3cccn3)c2)c(OC)c1.Cl. The van der Waals surface area contributed by atoms with Crippen LogP contribution in [0.5, 0.6) is 11.5 Å². The Balaban J connectivity index is 0.00000225. The third-order valence-electron chi connectivity index (χ3n) is 3.69. The molecule has 0 radical (unpaired) electrons. The molecule has 0 fully saturated rings. The standard InChI is InChI=1S/C18H20N4O2.ClH/c1-23-16-5-4-15(17(11-16)24-2)13-19-12-14-6-8-20-18(10-14)22-9-3-7-21-22;/h3-11,19H,12-13H2,1-2H3;1H. The molecule has 3 rings (SSSR count). The lowest BCUT2D eigenvalue weighted by atomic mass is 10.2. The topological polar surface area (TPSA) is 61.2 Å². The molecule has 0 saturated carbocycles. The Morgan fingerprint density at radius 3 is 2.64 bits per heavy atom. The highest BCUT2D eigenvalue weighted by Crippen LogP contribution is 2.24. The summed E-state index contributed by atoms with van der Waals surface area (Å²) in [6, 6.07) is 11.7. The van der Waals surface area contributed by atoms with E-state index in [4.69, 9.17) is 9.47 Å². The molecular weight excluding hydrogens is 340 g/mol. The number of aromatic nitrogens is 3. The summed E-state index contributed by atoms with van der Waals surface area (Å²) < 4.78 is 12.4. The van der Waals surface area contributed by atoms with Crippen LogP contribution in [0.1, 0.15) is 11.1 Å². The molecule has 0 atom stereocenters. The minimum absolute atomic E-state index is 0. The number of nitrogens with one attached hydrogen (secondary N) is 1. The van der Waals surface area contributed by atoms with Crippen molar-refractivity contribution in [3.63, 3.8) is 0 Å². The summed E-state index contributed by atoms with van der Waals surface area (Å²) in [7, 11) is 3.31. The Hall–Kier alpha value is -2.57. The number of ether oxygens (including phenoxy) is 2. The van der Waals surface area contributed by atoms with Crippen LogP contribution < -0.4 is 14.8 Å². The molecule has 1 aromatic carbocycles. The lowest BCUT2D eigenvalue weighted by Gasteiger charge is -2.11. The number of nitrogens with zero attached hydrogens (tertiary/aromatic N) is 3. The summed E-state index contributed by atoms with van der Waals surface area (Å²) >= 11 is 0. The van der Waals surface area contributed by atoms with E-state index in [9.17, 15) is 0 Å². The van der Waals surface area contributed by atoms with E-state index in [1.54, 1.807) is 31.3 Å². The lowest BCUT2D eigenvalue weighted by molar-refractivity contribution is 0.390. The molecule has 0 aliphatic heterocycles. The van der Waals surface area contributed by atoms with E-state index in [0.29, 0.717) is 6.54 Å². The molecule has 0 bridgehead atoms. The molecule has 7 heteroatoms. The minimum atomic E-state index is 0. The molecule has 25 heavy (non-hydrogen) atoms. The first kappa shape index (κ1) is 18.8. The van der Waals surface area contributed by atoms with Crippen LogP contribution in [0, 0.1) is 0 Å². The molecule has 0 spiro atoms. The zero-order valence-corrected chi connectivity index (χ0v) is 15.0. The predicted octanol–water partition coefficient (Wildman–Crippen LogP) is 3.00. The fourth-order valence-electron chi connectivity index (χ4n) is 2.44. The highest BCUT2D eigenvalue weighted by molar-refractivity contribution is 5.85. The number of methoxy groups -OCH3 is 2. The molecule has 2 aromatic heterocycles. The molecule has 6 nitrogen and oxygen atoms in total. The maximum absolute atomic E-state index is 5.42. The van der Waals surface area contributed by atoms with Crippen molar-refractivity contribution < 1.29 is 9.47 Å². The largest absolute Gasteiger partial charge is 0.497 e. The third-order valence-corrected chi connectivity index (χ3v) is 3.69. The van der Waals surface area contributed by atoms with Crippen molar-refractivity contribution in [1.29, 1.82) is 0 Å². The van der Waals surface area contributed by atoms with Gasteiger partial charge in [0.1, 0.15) is 11.5 Å². The van der Waals surface area contributed by atoms with Crippen LogP contribution in [0.15, 0.2) is 55.0 Å². The van der Waals surface area contributed by atoms with Crippen LogP contribution in [-0.4, -0.2) is 29.0 Å². The first-order chi connectivity index (χ1) is 11.8. The van der Waals surface area contributed by atoms with Crippen molar-refractivity contribution >= 4 is 12.4 Å². The molecule has 0 unspecified atom stereocenters. The maximum atomic E-state index is 5.42. The second-order valence-electron chi connectivity index (χ2n) is 5.25. The van der Waals surface area contributed by atoms with E-state index in [0.717, 1.165) is 35.0 Å². The normalized spacial score (nSPS) is 10.2. The lowest BCUT2D eigenvalue weighted by Crippen LogP contribution is -2.14. The highest BCUT2D eigenvalue weighted by atomic mass is 35.5. The number of pyridine rings is 1. The van der Waals surface area contributed by atoms with Crippen molar-refractivity contribution in [2.24, 2.45) is 0 Å². The van der Waals surface area contributed by atoms with Crippen LogP contribution in [0.3, 0.4) is 0 Å². The quantitative estimate of drug-likeness (QED) is 0.701. The van der Waals surface area contributed by atoms with Gasteiger partial charge in [0.2, 0.25) is 0 Å². The molecule has 0 amide bonds. The van der Waals surface area contributed by atoms with E-state index < -0.39 is 0 Å². The number of hydrogen-bond donors (Lipinski definition) is 1. The van der Waals surface area contributed by atoms with Crippen LogP contribution in [-0.2, 0) is 13.1 Å². The summed E-state index contributed by atoms with van der Waals surface area (Å²) in [5.74, 6) is 2.41. The van der Waals surface area contributed by atoms with E-state index in [-0.39, 0.29) is 12.4 Å². The van der Waals surface area contributed by atoms with Gasteiger partial charge in [-0.1, -0.05) is 6.07 Å². The summed E-state index contributed by atoms with van der Waals surface area (Å²) in [5.41, 5.74) is 2.22. The van der Waals surface area contributed by atoms with Gasteiger partial charge >= 0.3 is 0 Å². The number of hydrogen-bond acceptors (Lipinski definition) is 5. The summed E-state index contributed by atoms with van der Waals surface area (Å²) in [4.78, 5) is 4.33. The Kier molecular flexibility index (Phi) is 6.80. The van der Waals surface area contributed by atoms with Gasteiger partial charge < -0.3 is 14.8 Å². The number of benzene rings is 1. The first-order valence-electron chi connectivity index (χ1n) is 7.66. The van der Waals surface area contributed by atoms with Gasteiger partial charge in [0.05, 0.1) is 14.2 Å². The number of rotatable bonds is 7. The van der Waals surface area contributed by atoms with Crippen molar-refractivity contribution in [3.8, 4) is 17.3 Å². The fraction of sp³-hybridized carbons (Fsp3) is 0.222. The molecule has 2 heterocycles. The second-order valence-corrected chi connectivity index (χ2v) is 5.25. The highest BCUT2D eigenvalue weighted by Gasteiger charge is 2.05. The van der Waals surface area contributed by atoms with Gasteiger partial charge in [-0.3, -0.25) is 0 Å². The molecule has 0 aliphatic rings. The molecule has 132 valence electrons. The predicted molar refractivity (Wildman–Crippen MR) is 98.7 cm³/mol.